The topological polar surface area (TPSA) is 115 Å². The van der Waals surface area contributed by atoms with Gasteiger partial charge < -0.3 is 20.0 Å². The van der Waals surface area contributed by atoms with Crippen LogP contribution in [0.25, 0.3) is 0 Å². The Bertz CT molecular complexity index is 475. The molecular formula is C14H22N2O6. The van der Waals surface area contributed by atoms with Crippen LogP contribution in [-0.4, -0.2) is 72.0 Å². The van der Waals surface area contributed by atoms with Crippen LogP contribution in [0.4, 0.5) is 0 Å². The third-order valence-electron chi connectivity index (χ3n) is 3.24. The quantitative estimate of drug-likeness (QED) is 0.662. The molecule has 22 heavy (non-hydrogen) atoms. The third kappa shape index (κ3) is 4.31. The summed E-state index contributed by atoms with van der Waals surface area (Å²) in [6.45, 7) is 2.61. The third-order valence-corrected chi connectivity index (χ3v) is 3.24. The first kappa shape index (κ1) is 19.6. The number of carboxylic acids is 2. The summed E-state index contributed by atoms with van der Waals surface area (Å²) in [5.41, 5.74) is -1.15. The molecule has 0 aromatic carbocycles. The average Bonchev–Trinajstić information content (AvgIpc) is 2.40. The fourth-order valence-corrected chi connectivity index (χ4v) is 2.09. The molecule has 0 aliphatic rings. The van der Waals surface area contributed by atoms with Crippen molar-refractivity contribution in [3.8, 4) is 0 Å². The van der Waals surface area contributed by atoms with Crippen LogP contribution in [0.5, 0.6) is 0 Å². The molecule has 0 spiro atoms. The van der Waals surface area contributed by atoms with Crippen molar-refractivity contribution in [2.75, 3.05) is 28.2 Å². The summed E-state index contributed by atoms with van der Waals surface area (Å²) < 4.78 is 0. The molecule has 124 valence electrons. The van der Waals surface area contributed by atoms with Gasteiger partial charge in [-0.15, -0.1) is 0 Å². The van der Waals surface area contributed by atoms with Crippen molar-refractivity contribution in [1.29, 1.82) is 0 Å². The number of carbonyl (C=O) groups excluding carboxylic acids is 2. The standard InChI is InChI=1S/C14H22N2O6/c1-7(11(17)15(3)4)9(13(19)20)10(14(21)22)8(2)12(18)16(5)6/h7-8H,1-6H3,(H,19,20)(H,21,22)/b10-9+/t7-,8-/m0/s1. The van der Waals surface area contributed by atoms with E-state index in [1.165, 1.54) is 51.8 Å². The maximum atomic E-state index is 12.0. The Morgan fingerprint density at radius 1 is 0.682 bits per heavy atom. The van der Waals surface area contributed by atoms with Gasteiger partial charge in [0.15, 0.2) is 0 Å². The fourth-order valence-electron chi connectivity index (χ4n) is 2.09. The lowest BCUT2D eigenvalue weighted by Crippen LogP contribution is -2.36. The smallest absolute Gasteiger partial charge is 0.332 e. The number of carboxylic acid groups (broad SMARTS) is 2. The lowest BCUT2D eigenvalue weighted by atomic mass is 9.87. The molecule has 0 fully saturated rings. The molecule has 0 aromatic heterocycles. The SMILES string of the molecule is C[C@H](C(=O)N(C)C)/C(C(=O)O)=C(\C(=O)O)[C@H](C)C(=O)N(C)C. The van der Waals surface area contributed by atoms with E-state index in [1.807, 2.05) is 0 Å². The lowest BCUT2D eigenvalue weighted by Gasteiger charge is -2.23. The van der Waals surface area contributed by atoms with E-state index in [0.717, 1.165) is 0 Å². The highest BCUT2D eigenvalue weighted by atomic mass is 16.4. The predicted molar refractivity (Wildman–Crippen MR) is 78.0 cm³/mol. The molecule has 0 saturated carbocycles. The maximum absolute atomic E-state index is 12.0. The molecule has 2 atom stereocenters. The average molecular weight is 314 g/mol. The molecule has 8 heteroatoms. The van der Waals surface area contributed by atoms with Crippen LogP contribution in [0.3, 0.4) is 0 Å². The van der Waals surface area contributed by atoms with E-state index in [9.17, 15) is 29.4 Å². The molecule has 2 N–H and O–H groups in total. The van der Waals surface area contributed by atoms with Crippen LogP contribution in [0.15, 0.2) is 11.1 Å². The Balaban J connectivity index is 6.21. The van der Waals surface area contributed by atoms with E-state index in [2.05, 4.69) is 0 Å². The minimum Gasteiger partial charge on any atom is -0.478 e. The minimum atomic E-state index is -1.53. The number of hydrogen-bond donors (Lipinski definition) is 2. The number of rotatable bonds is 6. The van der Waals surface area contributed by atoms with Gasteiger partial charge in [0.05, 0.1) is 23.0 Å². The summed E-state index contributed by atoms with van der Waals surface area (Å²) in [5, 5.41) is 18.7. The highest BCUT2D eigenvalue weighted by Crippen LogP contribution is 2.25. The van der Waals surface area contributed by atoms with Crippen LogP contribution < -0.4 is 0 Å². The van der Waals surface area contributed by atoms with Gasteiger partial charge in [0.1, 0.15) is 0 Å². The van der Waals surface area contributed by atoms with E-state index in [-0.39, 0.29) is 0 Å². The van der Waals surface area contributed by atoms with Gasteiger partial charge in [0, 0.05) is 28.2 Å². The molecular weight excluding hydrogens is 292 g/mol. The highest BCUT2D eigenvalue weighted by molar-refractivity contribution is 6.06. The van der Waals surface area contributed by atoms with Crippen molar-refractivity contribution in [2.24, 2.45) is 11.8 Å². The number of aliphatic carboxylic acids is 2. The van der Waals surface area contributed by atoms with E-state index in [4.69, 9.17) is 0 Å². The molecule has 2 amide bonds. The van der Waals surface area contributed by atoms with Gasteiger partial charge in [-0.05, 0) is 13.8 Å². The number of amides is 2. The zero-order valence-corrected chi connectivity index (χ0v) is 13.6. The number of nitrogens with zero attached hydrogens (tertiary/aromatic N) is 2. The van der Waals surface area contributed by atoms with Crippen molar-refractivity contribution < 1.29 is 29.4 Å². The second-order valence-corrected chi connectivity index (χ2v) is 5.35. The molecule has 0 heterocycles. The minimum absolute atomic E-state index is 0.555. The van der Waals surface area contributed by atoms with E-state index in [1.54, 1.807) is 0 Å². The zero-order valence-electron chi connectivity index (χ0n) is 13.6. The second-order valence-electron chi connectivity index (χ2n) is 5.35. The molecule has 0 aromatic rings. The van der Waals surface area contributed by atoms with Crippen LogP contribution in [0.2, 0.25) is 0 Å². The number of carbonyl (C=O) groups is 4. The van der Waals surface area contributed by atoms with Gasteiger partial charge in [-0.25, -0.2) is 9.59 Å². The van der Waals surface area contributed by atoms with Crippen molar-refractivity contribution >= 4 is 23.8 Å². The molecule has 0 aliphatic carbocycles. The normalized spacial score (nSPS) is 14.5. The maximum Gasteiger partial charge on any atom is 0.332 e. The summed E-state index contributed by atoms with van der Waals surface area (Å²) >= 11 is 0. The Hall–Kier alpha value is -2.38. The molecule has 8 nitrogen and oxygen atoms in total. The van der Waals surface area contributed by atoms with Gasteiger partial charge in [-0.2, -0.15) is 0 Å². The molecule has 0 aliphatic heterocycles. The van der Waals surface area contributed by atoms with Gasteiger partial charge in [0.25, 0.3) is 0 Å². The van der Waals surface area contributed by atoms with Crippen LogP contribution >= 0.6 is 0 Å². The van der Waals surface area contributed by atoms with Crippen LogP contribution in [0, 0.1) is 11.8 Å². The second kappa shape index (κ2) is 7.58. The van der Waals surface area contributed by atoms with Crippen molar-refractivity contribution in [3.63, 3.8) is 0 Å². The van der Waals surface area contributed by atoms with E-state index >= 15 is 0 Å². The van der Waals surface area contributed by atoms with Gasteiger partial charge in [0.2, 0.25) is 11.8 Å². The van der Waals surface area contributed by atoms with Crippen LogP contribution in [-0.2, 0) is 19.2 Å². The largest absolute Gasteiger partial charge is 0.478 e. The highest BCUT2D eigenvalue weighted by Gasteiger charge is 2.35. The summed E-state index contributed by atoms with van der Waals surface area (Å²) in [5.74, 6) is -6.54. The Kier molecular flexibility index (Phi) is 6.76. The molecule has 0 bridgehead atoms. The van der Waals surface area contributed by atoms with Crippen molar-refractivity contribution in [2.45, 2.75) is 13.8 Å². The number of hydrogen-bond acceptors (Lipinski definition) is 4. The Labute approximate surface area is 129 Å². The molecule has 0 saturated heterocycles. The van der Waals surface area contributed by atoms with E-state index in [0.29, 0.717) is 0 Å². The first-order valence-electron chi connectivity index (χ1n) is 6.56. The molecule has 0 unspecified atom stereocenters. The van der Waals surface area contributed by atoms with Gasteiger partial charge in [-0.3, -0.25) is 9.59 Å². The van der Waals surface area contributed by atoms with Gasteiger partial charge in [-0.1, -0.05) is 0 Å². The first-order chi connectivity index (χ1) is 9.93. The van der Waals surface area contributed by atoms with E-state index < -0.39 is 46.7 Å². The lowest BCUT2D eigenvalue weighted by molar-refractivity contribution is -0.140. The summed E-state index contributed by atoms with van der Waals surface area (Å²) in [6.07, 6.45) is 0. The first-order valence-corrected chi connectivity index (χ1v) is 6.56. The van der Waals surface area contributed by atoms with Crippen LogP contribution in [0.1, 0.15) is 13.8 Å². The summed E-state index contributed by atoms with van der Waals surface area (Å²) in [4.78, 5) is 49.3. The van der Waals surface area contributed by atoms with Crippen molar-refractivity contribution in [1.82, 2.24) is 9.80 Å². The zero-order chi connectivity index (χ0) is 17.8. The Morgan fingerprint density at radius 3 is 1.05 bits per heavy atom. The van der Waals surface area contributed by atoms with Crippen molar-refractivity contribution in [3.05, 3.63) is 11.1 Å². The monoisotopic (exact) mass is 314 g/mol. The summed E-state index contributed by atoms with van der Waals surface area (Å²) in [6, 6.07) is 0. The Morgan fingerprint density at radius 2 is 0.909 bits per heavy atom. The molecule has 0 rings (SSSR count). The fraction of sp³-hybridized carbons (Fsp3) is 0.571. The summed E-state index contributed by atoms with van der Waals surface area (Å²) in [7, 11) is 5.75. The predicted octanol–water partition coefficient (Wildman–Crippen LogP) is -0.0992. The molecule has 0 radical (unpaired) electrons. The van der Waals surface area contributed by atoms with Gasteiger partial charge >= 0.3 is 11.9 Å².